The van der Waals surface area contributed by atoms with Gasteiger partial charge in [0.05, 0.1) is 5.30 Å². The van der Waals surface area contributed by atoms with Gasteiger partial charge < -0.3 is 19.2 Å². The molecule has 0 saturated carbocycles. The Labute approximate surface area is 141 Å². The van der Waals surface area contributed by atoms with E-state index in [1.165, 1.54) is 6.08 Å². The molecule has 2 rings (SSSR count). The lowest BCUT2D eigenvalue weighted by molar-refractivity contribution is 0.385. The van der Waals surface area contributed by atoms with Gasteiger partial charge in [-0.25, -0.2) is 4.57 Å². The lowest BCUT2D eigenvalue weighted by Gasteiger charge is -2.12. The standard InChI is InChI=1S/C12H11O3P.C4H9O3P/c13-16(14,12-9-5-2-6-10-12)15-11-7-3-1-4-8-11;1-2-3-4-8(5,6)7/h1-10H,(H,13,14);3-4H,2H2,1H3,(H2,5,6,7). The molecule has 0 heterocycles. The number of hydrogen-bond donors (Lipinski definition) is 3. The number of allylic oxidation sites excluding steroid dienone is 1. The molecule has 0 amide bonds. The van der Waals surface area contributed by atoms with Crippen molar-refractivity contribution in [2.75, 3.05) is 0 Å². The highest BCUT2D eigenvalue weighted by Gasteiger charge is 2.23. The van der Waals surface area contributed by atoms with Crippen molar-refractivity contribution < 1.29 is 28.3 Å². The van der Waals surface area contributed by atoms with Crippen molar-refractivity contribution in [3.63, 3.8) is 0 Å². The third-order valence-corrected chi connectivity index (χ3v) is 4.60. The third-order valence-electron chi connectivity index (χ3n) is 2.59. The quantitative estimate of drug-likeness (QED) is 0.694. The lowest BCUT2D eigenvalue weighted by atomic mass is 10.3. The van der Waals surface area contributed by atoms with Crippen molar-refractivity contribution in [1.29, 1.82) is 0 Å². The molecular weight excluding hydrogens is 350 g/mol. The van der Waals surface area contributed by atoms with Gasteiger partial charge in [0.25, 0.3) is 0 Å². The Morgan fingerprint density at radius 2 is 1.42 bits per heavy atom. The van der Waals surface area contributed by atoms with Gasteiger partial charge in [-0.3, -0.25) is 4.57 Å². The first-order valence-electron chi connectivity index (χ1n) is 7.10. The second-order valence-corrected chi connectivity index (χ2v) is 7.86. The Bertz CT molecular complexity index is 725. The van der Waals surface area contributed by atoms with Crippen molar-refractivity contribution in [2.24, 2.45) is 0 Å². The van der Waals surface area contributed by atoms with Gasteiger partial charge in [0, 0.05) is 5.82 Å². The largest absolute Gasteiger partial charge is 0.421 e. The Balaban J connectivity index is 0.000000307. The zero-order valence-electron chi connectivity index (χ0n) is 13.1. The van der Waals surface area contributed by atoms with Crippen LogP contribution in [0.15, 0.2) is 72.6 Å². The molecule has 0 aliphatic heterocycles. The first-order chi connectivity index (χ1) is 11.2. The molecule has 0 spiro atoms. The summed E-state index contributed by atoms with van der Waals surface area (Å²) in [6, 6.07) is 16.9. The van der Waals surface area contributed by atoms with E-state index in [0.29, 0.717) is 17.5 Å². The number of benzene rings is 2. The first kappa shape index (κ1) is 20.4. The van der Waals surface area contributed by atoms with E-state index in [1.54, 1.807) is 54.6 Å². The predicted octanol–water partition coefficient (Wildman–Crippen LogP) is 3.66. The highest BCUT2D eigenvalue weighted by atomic mass is 31.2. The van der Waals surface area contributed by atoms with Crippen molar-refractivity contribution in [2.45, 2.75) is 13.3 Å². The van der Waals surface area contributed by atoms with E-state index in [4.69, 9.17) is 14.3 Å². The van der Waals surface area contributed by atoms with E-state index >= 15 is 0 Å². The van der Waals surface area contributed by atoms with Gasteiger partial charge >= 0.3 is 15.2 Å². The molecule has 0 saturated heterocycles. The maximum Gasteiger partial charge on any atom is 0.408 e. The molecule has 0 aliphatic rings. The summed E-state index contributed by atoms with van der Waals surface area (Å²) in [4.78, 5) is 26.1. The zero-order valence-corrected chi connectivity index (χ0v) is 14.9. The van der Waals surface area contributed by atoms with Crippen LogP contribution in [-0.4, -0.2) is 14.7 Å². The molecule has 1 atom stereocenters. The maximum atomic E-state index is 11.9. The highest BCUT2D eigenvalue weighted by molar-refractivity contribution is 7.61. The second-order valence-electron chi connectivity index (χ2n) is 4.64. The fourth-order valence-electron chi connectivity index (χ4n) is 1.54. The van der Waals surface area contributed by atoms with Crippen LogP contribution in [0.5, 0.6) is 5.75 Å². The van der Waals surface area contributed by atoms with Crippen molar-refractivity contribution in [3.8, 4) is 5.75 Å². The molecule has 1 unspecified atom stereocenters. The minimum Gasteiger partial charge on any atom is -0.421 e. The van der Waals surface area contributed by atoms with Gasteiger partial charge in [-0.1, -0.05) is 49.4 Å². The maximum absolute atomic E-state index is 11.9. The summed E-state index contributed by atoms with van der Waals surface area (Å²) >= 11 is 0. The van der Waals surface area contributed by atoms with Crippen molar-refractivity contribution in [3.05, 3.63) is 72.6 Å². The minimum absolute atomic E-state index is 0.291. The summed E-state index contributed by atoms with van der Waals surface area (Å²) in [5.74, 6) is 1.30. The smallest absolute Gasteiger partial charge is 0.408 e. The average Bonchev–Trinajstić information content (AvgIpc) is 2.54. The fourth-order valence-corrected chi connectivity index (χ4v) is 3.08. The van der Waals surface area contributed by atoms with Crippen LogP contribution in [0.1, 0.15) is 13.3 Å². The van der Waals surface area contributed by atoms with Crippen LogP contribution in [0.4, 0.5) is 0 Å². The summed E-state index contributed by atoms with van der Waals surface area (Å²) in [5.41, 5.74) is 0. The summed E-state index contributed by atoms with van der Waals surface area (Å²) in [6.45, 7) is 1.81. The van der Waals surface area contributed by atoms with Crippen LogP contribution in [0.25, 0.3) is 0 Å². The van der Waals surface area contributed by atoms with Gasteiger partial charge in [-0.05, 0) is 30.7 Å². The molecule has 24 heavy (non-hydrogen) atoms. The number of hydrogen-bond acceptors (Lipinski definition) is 3. The summed E-state index contributed by atoms with van der Waals surface area (Å²) in [6.07, 6.45) is 2.10. The normalized spacial score (nSPS) is 13.7. The fraction of sp³-hybridized carbons (Fsp3) is 0.125. The Morgan fingerprint density at radius 1 is 0.917 bits per heavy atom. The molecule has 0 aromatic heterocycles. The number of para-hydroxylation sites is 1. The van der Waals surface area contributed by atoms with Crippen LogP contribution in [0.3, 0.4) is 0 Å². The van der Waals surface area contributed by atoms with Gasteiger partial charge in [-0.15, -0.1) is 0 Å². The monoisotopic (exact) mass is 370 g/mol. The molecular formula is C16H20O6P2. The summed E-state index contributed by atoms with van der Waals surface area (Å²) in [7, 11) is -7.63. The van der Waals surface area contributed by atoms with E-state index < -0.39 is 15.2 Å². The SMILES string of the molecule is CCC=CP(=O)(O)O.O=P(O)(Oc1ccccc1)c1ccccc1. The third kappa shape index (κ3) is 8.25. The first-order valence-corrected chi connectivity index (χ1v) is 10.4. The molecule has 6 nitrogen and oxygen atoms in total. The molecule has 2 aromatic carbocycles. The van der Waals surface area contributed by atoms with Crippen LogP contribution >= 0.6 is 15.2 Å². The lowest BCUT2D eigenvalue weighted by Crippen LogP contribution is -2.08. The van der Waals surface area contributed by atoms with Gasteiger partial charge in [0.1, 0.15) is 5.75 Å². The van der Waals surface area contributed by atoms with Crippen LogP contribution in [-0.2, 0) is 9.13 Å². The van der Waals surface area contributed by atoms with Crippen molar-refractivity contribution in [1.82, 2.24) is 0 Å². The summed E-state index contributed by atoms with van der Waals surface area (Å²) in [5, 5.41) is 0.291. The van der Waals surface area contributed by atoms with Gasteiger partial charge in [0.15, 0.2) is 0 Å². The van der Waals surface area contributed by atoms with E-state index in [1.807, 2.05) is 13.0 Å². The molecule has 0 radical (unpaired) electrons. The second kappa shape index (κ2) is 9.58. The van der Waals surface area contributed by atoms with E-state index in [2.05, 4.69) is 0 Å². The summed E-state index contributed by atoms with van der Waals surface area (Å²) < 4.78 is 27.0. The zero-order chi connectivity index (χ0) is 18.1. The minimum atomic E-state index is -3.86. The average molecular weight is 370 g/mol. The topological polar surface area (TPSA) is 104 Å². The highest BCUT2D eigenvalue weighted by Crippen LogP contribution is 2.41. The van der Waals surface area contributed by atoms with Crippen LogP contribution in [0.2, 0.25) is 0 Å². The molecule has 3 N–H and O–H groups in total. The molecule has 0 fully saturated rings. The Hall–Kier alpha value is -1.68. The van der Waals surface area contributed by atoms with Gasteiger partial charge in [0.2, 0.25) is 0 Å². The van der Waals surface area contributed by atoms with E-state index in [0.717, 1.165) is 5.82 Å². The molecule has 2 aromatic rings. The number of rotatable bonds is 5. The molecule has 8 heteroatoms. The van der Waals surface area contributed by atoms with Crippen molar-refractivity contribution >= 4 is 20.5 Å². The Kier molecular flexibility index (Phi) is 8.13. The molecule has 0 bridgehead atoms. The molecule has 130 valence electrons. The Morgan fingerprint density at radius 3 is 1.83 bits per heavy atom. The molecule has 0 aliphatic carbocycles. The predicted molar refractivity (Wildman–Crippen MR) is 94.4 cm³/mol. The van der Waals surface area contributed by atoms with Crippen LogP contribution in [0, 0.1) is 0 Å². The van der Waals surface area contributed by atoms with E-state index in [-0.39, 0.29) is 0 Å². The van der Waals surface area contributed by atoms with Crippen LogP contribution < -0.4 is 9.83 Å². The van der Waals surface area contributed by atoms with Gasteiger partial charge in [-0.2, -0.15) is 0 Å². The van der Waals surface area contributed by atoms with E-state index in [9.17, 15) is 14.0 Å².